The summed E-state index contributed by atoms with van der Waals surface area (Å²) >= 11 is 3.38. The third-order valence-electron chi connectivity index (χ3n) is 2.83. The lowest BCUT2D eigenvalue weighted by Gasteiger charge is -2.19. The number of nitrogens with zero attached hydrogens (tertiary/aromatic N) is 1. The van der Waals surface area contributed by atoms with Crippen molar-refractivity contribution in [3.63, 3.8) is 0 Å². The van der Waals surface area contributed by atoms with Crippen molar-refractivity contribution in [2.24, 2.45) is 0 Å². The van der Waals surface area contributed by atoms with Crippen molar-refractivity contribution in [2.45, 2.75) is 33.3 Å². The Hall–Kier alpha value is -1.68. The topological polar surface area (TPSA) is 39.2 Å². The maximum atomic E-state index is 12.1. The van der Waals surface area contributed by atoms with Gasteiger partial charge in [-0.2, -0.15) is 0 Å². The Morgan fingerprint density at radius 3 is 2.57 bits per heavy atom. The summed E-state index contributed by atoms with van der Waals surface area (Å²) in [6.45, 7) is 7.56. The minimum atomic E-state index is -0.503. The number of aromatic nitrogens is 1. The van der Waals surface area contributed by atoms with Crippen molar-refractivity contribution >= 4 is 21.9 Å². The first-order valence-corrected chi connectivity index (χ1v) is 7.52. The van der Waals surface area contributed by atoms with Crippen LogP contribution in [0.5, 0.6) is 0 Å². The highest BCUT2D eigenvalue weighted by Gasteiger charge is 2.18. The van der Waals surface area contributed by atoms with Crippen LogP contribution in [-0.4, -0.2) is 16.6 Å². The molecule has 0 aliphatic heterocycles. The van der Waals surface area contributed by atoms with Gasteiger partial charge in [0.15, 0.2) is 0 Å². The number of benzene rings is 1. The SMILES string of the molecule is Cc1ccc(Br)nc1-c1cccc(C(=O)OC(C)(C)C)c1. The van der Waals surface area contributed by atoms with Gasteiger partial charge in [-0.1, -0.05) is 18.2 Å². The molecule has 0 amide bonds. The summed E-state index contributed by atoms with van der Waals surface area (Å²) < 4.78 is 6.17. The molecular weight excluding hydrogens is 330 g/mol. The number of hydrogen-bond acceptors (Lipinski definition) is 3. The van der Waals surface area contributed by atoms with Crippen LogP contribution >= 0.6 is 15.9 Å². The number of pyridine rings is 1. The van der Waals surface area contributed by atoms with E-state index in [1.165, 1.54) is 0 Å². The molecule has 0 saturated carbocycles. The van der Waals surface area contributed by atoms with Crippen molar-refractivity contribution in [3.8, 4) is 11.3 Å². The van der Waals surface area contributed by atoms with Crippen molar-refractivity contribution < 1.29 is 9.53 Å². The Morgan fingerprint density at radius 2 is 1.90 bits per heavy atom. The van der Waals surface area contributed by atoms with Crippen LogP contribution in [0.25, 0.3) is 11.3 Å². The molecule has 2 rings (SSSR count). The van der Waals surface area contributed by atoms with E-state index in [2.05, 4.69) is 20.9 Å². The van der Waals surface area contributed by atoms with Crippen LogP contribution in [-0.2, 0) is 4.74 Å². The summed E-state index contributed by atoms with van der Waals surface area (Å²) in [5.74, 6) is -0.322. The van der Waals surface area contributed by atoms with Crippen molar-refractivity contribution in [2.75, 3.05) is 0 Å². The van der Waals surface area contributed by atoms with E-state index >= 15 is 0 Å². The molecule has 0 atom stereocenters. The average molecular weight is 348 g/mol. The van der Waals surface area contributed by atoms with Crippen molar-refractivity contribution in [1.82, 2.24) is 4.98 Å². The predicted molar refractivity (Wildman–Crippen MR) is 87.3 cm³/mol. The Balaban J connectivity index is 2.38. The Bertz CT molecular complexity index is 675. The molecule has 4 heteroatoms. The molecule has 2 aromatic rings. The van der Waals surface area contributed by atoms with Gasteiger partial charge in [0, 0.05) is 5.56 Å². The maximum Gasteiger partial charge on any atom is 0.338 e. The zero-order valence-electron chi connectivity index (χ0n) is 12.6. The monoisotopic (exact) mass is 347 g/mol. The molecule has 0 aliphatic rings. The molecule has 21 heavy (non-hydrogen) atoms. The number of carbonyl (C=O) groups excluding carboxylic acids is 1. The molecule has 0 bridgehead atoms. The number of halogens is 1. The second kappa shape index (κ2) is 5.98. The van der Waals surface area contributed by atoms with E-state index in [-0.39, 0.29) is 5.97 Å². The van der Waals surface area contributed by atoms with Crippen molar-refractivity contribution in [3.05, 3.63) is 52.1 Å². The molecule has 3 nitrogen and oxygen atoms in total. The van der Waals surface area contributed by atoms with Gasteiger partial charge in [-0.3, -0.25) is 0 Å². The standard InChI is InChI=1S/C17H18BrNO2/c1-11-8-9-14(18)19-15(11)12-6-5-7-13(10-12)16(20)21-17(2,3)4/h5-10H,1-4H3. The predicted octanol–water partition coefficient (Wildman–Crippen LogP) is 4.77. The summed E-state index contributed by atoms with van der Waals surface area (Å²) in [6.07, 6.45) is 0. The van der Waals surface area contributed by atoms with E-state index < -0.39 is 5.60 Å². The van der Waals surface area contributed by atoms with Gasteiger partial charge in [-0.15, -0.1) is 0 Å². The largest absolute Gasteiger partial charge is 0.456 e. The van der Waals surface area contributed by atoms with E-state index in [9.17, 15) is 4.79 Å². The van der Waals surface area contributed by atoms with Gasteiger partial charge in [0.25, 0.3) is 0 Å². The minimum Gasteiger partial charge on any atom is -0.456 e. The number of aryl methyl sites for hydroxylation is 1. The van der Waals surface area contributed by atoms with Crippen LogP contribution in [0.15, 0.2) is 41.0 Å². The normalized spacial score (nSPS) is 11.3. The lowest BCUT2D eigenvalue weighted by Crippen LogP contribution is -2.23. The van der Waals surface area contributed by atoms with Gasteiger partial charge in [0.2, 0.25) is 0 Å². The second-order valence-electron chi connectivity index (χ2n) is 5.88. The van der Waals surface area contributed by atoms with E-state index in [4.69, 9.17) is 4.74 Å². The molecule has 1 aromatic heterocycles. The highest BCUT2D eigenvalue weighted by atomic mass is 79.9. The molecule has 1 heterocycles. The number of carbonyl (C=O) groups is 1. The van der Waals surface area contributed by atoms with Gasteiger partial charge < -0.3 is 4.74 Å². The first-order chi connectivity index (χ1) is 9.76. The summed E-state index contributed by atoms with van der Waals surface area (Å²) in [6, 6.07) is 11.2. The smallest absolute Gasteiger partial charge is 0.338 e. The number of esters is 1. The third kappa shape index (κ3) is 4.14. The van der Waals surface area contributed by atoms with E-state index in [0.717, 1.165) is 21.4 Å². The fourth-order valence-electron chi connectivity index (χ4n) is 1.93. The molecule has 0 radical (unpaired) electrons. The molecule has 0 aliphatic carbocycles. The fraction of sp³-hybridized carbons (Fsp3) is 0.294. The van der Waals surface area contributed by atoms with Gasteiger partial charge in [-0.05, 0) is 67.4 Å². The van der Waals surface area contributed by atoms with Gasteiger partial charge in [-0.25, -0.2) is 9.78 Å². The molecule has 110 valence electrons. The first-order valence-electron chi connectivity index (χ1n) is 6.73. The number of hydrogen-bond donors (Lipinski definition) is 0. The van der Waals surface area contributed by atoms with Crippen LogP contribution in [0.4, 0.5) is 0 Å². The van der Waals surface area contributed by atoms with Gasteiger partial charge in [0.1, 0.15) is 10.2 Å². The van der Waals surface area contributed by atoms with Crippen LogP contribution in [0, 0.1) is 6.92 Å². The molecule has 0 saturated heterocycles. The van der Waals surface area contributed by atoms with E-state index in [1.54, 1.807) is 6.07 Å². The maximum absolute atomic E-state index is 12.1. The molecule has 0 spiro atoms. The first kappa shape index (κ1) is 15.7. The zero-order chi connectivity index (χ0) is 15.6. The molecule has 0 fully saturated rings. The number of ether oxygens (including phenoxy) is 1. The third-order valence-corrected chi connectivity index (χ3v) is 3.28. The van der Waals surface area contributed by atoms with Crippen LogP contribution in [0.2, 0.25) is 0 Å². The number of rotatable bonds is 2. The zero-order valence-corrected chi connectivity index (χ0v) is 14.2. The van der Waals surface area contributed by atoms with Gasteiger partial charge >= 0.3 is 5.97 Å². The summed E-state index contributed by atoms with van der Waals surface area (Å²) in [7, 11) is 0. The van der Waals surface area contributed by atoms with E-state index in [0.29, 0.717) is 5.56 Å². The molecular formula is C17H18BrNO2. The molecule has 1 aromatic carbocycles. The summed E-state index contributed by atoms with van der Waals surface area (Å²) in [4.78, 5) is 16.6. The lowest BCUT2D eigenvalue weighted by atomic mass is 10.0. The highest BCUT2D eigenvalue weighted by Crippen LogP contribution is 2.25. The fourth-order valence-corrected chi connectivity index (χ4v) is 2.24. The van der Waals surface area contributed by atoms with Crippen LogP contribution in [0.1, 0.15) is 36.7 Å². The van der Waals surface area contributed by atoms with Crippen molar-refractivity contribution in [1.29, 1.82) is 0 Å². The van der Waals surface area contributed by atoms with E-state index in [1.807, 2.05) is 58.0 Å². The second-order valence-corrected chi connectivity index (χ2v) is 6.69. The van der Waals surface area contributed by atoms with Gasteiger partial charge in [0.05, 0.1) is 11.3 Å². The summed E-state index contributed by atoms with van der Waals surface area (Å²) in [5.41, 5.74) is 2.84. The van der Waals surface area contributed by atoms with Crippen LogP contribution in [0.3, 0.4) is 0 Å². The molecule has 0 unspecified atom stereocenters. The quantitative estimate of drug-likeness (QED) is 0.579. The summed E-state index contributed by atoms with van der Waals surface area (Å²) in [5, 5.41) is 0. The lowest BCUT2D eigenvalue weighted by molar-refractivity contribution is 0.00696. The van der Waals surface area contributed by atoms with Crippen LogP contribution < -0.4 is 0 Å². The Kier molecular flexibility index (Phi) is 4.47. The molecule has 0 N–H and O–H groups in total. The Morgan fingerprint density at radius 1 is 1.19 bits per heavy atom. The average Bonchev–Trinajstić information content (AvgIpc) is 2.40. The highest BCUT2D eigenvalue weighted by molar-refractivity contribution is 9.10. The Labute approximate surface area is 133 Å². The minimum absolute atomic E-state index is 0.322.